The van der Waals surface area contributed by atoms with Crippen molar-refractivity contribution in [2.45, 2.75) is 421 Å². The van der Waals surface area contributed by atoms with E-state index in [1.54, 1.807) is 0 Å². The van der Waals surface area contributed by atoms with Crippen molar-refractivity contribution >= 4 is 25.7 Å². The van der Waals surface area contributed by atoms with E-state index in [-0.39, 0.29) is 19.3 Å². The second kappa shape index (κ2) is 55.4. The Labute approximate surface area is 593 Å². The topological polar surface area (TPSA) is 374 Å². The number of rotatable bonds is 61. The summed E-state index contributed by atoms with van der Waals surface area (Å²) in [7, 11) is -5.69. The fraction of sp³-hybridized carbons (Fsp3) is 0.959. The van der Waals surface area contributed by atoms with Crippen molar-refractivity contribution < 1.29 is 117 Å². The van der Waals surface area contributed by atoms with E-state index in [1.165, 1.54) is 154 Å². The molecular weight excluding hydrogens is 1300 g/mol. The van der Waals surface area contributed by atoms with Crippen molar-refractivity contribution in [3.63, 3.8) is 0 Å². The van der Waals surface area contributed by atoms with Gasteiger partial charge in [-0.1, -0.05) is 278 Å². The zero-order valence-electron chi connectivity index (χ0n) is 61.2. The molecule has 584 valence electrons. The Morgan fingerprint density at radius 2 is 0.707 bits per heavy atom. The van der Waals surface area contributed by atoms with Gasteiger partial charge in [-0.05, 0) is 25.2 Å². The van der Waals surface area contributed by atoms with Crippen LogP contribution < -0.4 is 0 Å². The van der Waals surface area contributed by atoms with E-state index in [0.717, 1.165) is 96.3 Å². The van der Waals surface area contributed by atoms with Crippen LogP contribution in [0.5, 0.6) is 0 Å². The van der Waals surface area contributed by atoms with Crippen molar-refractivity contribution in [2.24, 2.45) is 5.92 Å². The first-order valence-electron chi connectivity index (χ1n) is 39.2. The Bertz CT molecular complexity index is 2060. The third-order valence-electron chi connectivity index (χ3n) is 19.8. The summed E-state index contributed by atoms with van der Waals surface area (Å²) in [5.74, 6) is -1.28. The Balaban J connectivity index is 1.71. The highest BCUT2D eigenvalue weighted by Gasteiger charge is 2.58. The highest BCUT2D eigenvalue weighted by Crippen LogP contribution is 2.49. The maximum Gasteiger partial charge on any atom is 0.472 e. The summed E-state index contributed by atoms with van der Waals surface area (Å²) in [5, 5.41) is 110. The molecule has 99 heavy (non-hydrogen) atoms. The molecule has 11 N–H and O–H groups in total. The van der Waals surface area contributed by atoms with Crippen LogP contribution in [0.2, 0.25) is 0 Å². The number of aliphatic hydroxyl groups is 10. The largest absolute Gasteiger partial charge is 0.472 e. The number of esters is 3. The van der Waals surface area contributed by atoms with E-state index in [4.69, 9.17) is 42.2 Å². The summed E-state index contributed by atoms with van der Waals surface area (Å²) in [5.41, 5.74) is 0. The number of ether oxygens (including phenoxy) is 7. The number of aliphatic hydroxyl groups excluding tert-OH is 10. The van der Waals surface area contributed by atoms with Gasteiger partial charge in [-0.2, -0.15) is 0 Å². The molecule has 19 atom stereocenters. The van der Waals surface area contributed by atoms with E-state index >= 15 is 0 Å². The molecule has 3 rings (SSSR count). The molecule has 0 aromatic carbocycles. The minimum Gasteiger partial charge on any atom is -0.463 e. The second-order valence-electron chi connectivity index (χ2n) is 28.7. The van der Waals surface area contributed by atoms with Crippen LogP contribution in [0, 0.1) is 5.92 Å². The molecule has 2 aliphatic heterocycles. The number of phosphoric ester groups is 1. The lowest BCUT2D eigenvalue weighted by molar-refractivity contribution is -0.360. The Morgan fingerprint density at radius 1 is 0.384 bits per heavy atom. The maximum atomic E-state index is 14.3. The van der Waals surface area contributed by atoms with E-state index in [0.29, 0.717) is 25.2 Å². The summed E-state index contributed by atoms with van der Waals surface area (Å²) in [6.45, 7) is 5.79. The molecule has 0 amide bonds. The van der Waals surface area contributed by atoms with Crippen LogP contribution in [0.15, 0.2) is 0 Å². The molecule has 0 spiro atoms. The van der Waals surface area contributed by atoms with Gasteiger partial charge in [0.05, 0.1) is 13.2 Å². The highest BCUT2D eigenvalue weighted by molar-refractivity contribution is 7.47. The molecule has 0 aromatic heterocycles. The van der Waals surface area contributed by atoms with Crippen LogP contribution in [-0.2, 0) is 61.2 Å². The average molecular weight is 1440 g/mol. The van der Waals surface area contributed by atoms with Crippen LogP contribution in [0.4, 0.5) is 0 Å². The standard InChI is InChI=1S/C74H139O24P/c1-5-8-11-14-17-19-21-22-23-24-25-26-28-29-31-37-43-48-59(77)91-53-57-62(80)64(82)69(87)74(95-57)97-71-67(85)65(83)66(84)70(96-73-68(86)63(81)61(79)56(50-75)94-73)72(71)98-99(88,89)92-52-55(93-60(78)49-44-39-32-30-27-20-18-15-12-9-6-2)51-90-58(76)47-42-38-34-33-36-41-46-54(4)45-40-35-16-13-10-7-3/h54-57,61-75,79-87H,5-53H2,1-4H3,(H,88,89). The van der Waals surface area contributed by atoms with Crippen molar-refractivity contribution in [1.29, 1.82) is 0 Å². The first-order valence-corrected chi connectivity index (χ1v) is 40.7. The van der Waals surface area contributed by atoms with Crippen LogP contribution in [-0.4, -0.2) is 204 Å². The predicted molar refractivity (Wildman–Crippen MR) is 375 cm³/mol. The highest BCUT2D eigenvalue weighted by atomic mass is 31.2. The van der Waals surface area contributed by atoms with E-state index in [1.807, 2.05) is 0 Å². The minimum atomic E-state index is -5.69. The van der Waals surface area contributed by atoms with Gasteiger partial charge in [0, 0.05) is 19.3 Å². The van der Waals surface area contributed by atoms with Crippen LogP contribution in [0.25, 0.3) is 0 Å². The van der Waals surface area contributed by atoms with Crippen molar-refractivity contribution in [1.82, 2.24) is 0 Å². The molecule has 0 bridgehead atoms. The Hall–Kier alpha value is -2.04. The molecule has 0 radical (unpaired) electrons. The van der Waals surface area contributed by atoms with E-state index in [2.05, 4.69) is 27.7 Å². The molecular formula is C74H139O24P. The lowest BCUT2D eigenvalue weighted by atomic mass is 9.84. The molecule has 19 unspecified atom stereocenters. The normalized spacial score (nSPS) is 27.7. The van der Waals surface area contributed by atoms with Crippen molar-refractivity contribution in [2.75, 3.05) is 26.4 Å². The van der Waals surface area contributed by atoms with Crippen molar-refractivity contribution in [3.8, 4) is 0 Å². The molecule has 3 aliphatic rings. The summed E-state index contributed by atoms with van der Waals surface area (Å²) in [4.78, 5) is 51.1. The summed E-state index contributed by atoms with van der Waals surface area (Å²) in [6.07, 6.45) is 11.7. The third-order valence-corrected chi connectivity index (χ3v) is 20.8. The zero-order valence-corrected chi connectivity index (χ0v) is 62.1. The third kappa shape index (κ3) is 38.7. The minimum absolute atomic E-state index is 0.0338. The number of carbonyl (C=O) groups excluding carboxylic acids is 3. The van der Waals surface area contributed by atoms with Crippen molar-refractivity contribution in [3.05, 3.63) is 0 Å². The number of phosphoric acid groups is 1. The summed E-state index contributed by atoms with van der Waals surface area (Å²) in [6, 6.07) is 0. The van der Waals surface area contributed by atoms with Gasteiger partial charge in [0.2, 0.25) is 0 Å². The molecule has 1 saturated carbocycles. The fourth-order valence-corrected chi connectivity index (χ4v) is 14.3. The number of hydrogen-bond donors (Lipinski definition) is 11. The van der Waals surface area contributed by atoms with Gasteiger partial charge in [0.25, 0.3) is 0 Å². The van der Waals surface area contributed by atoms with Crippen LogP contribution in [0.3, 0.4) is 0 Å². The van der Waals surface area contributed by atoms with Gasteiger partial charge < -0.3 is 89.1 Å². The van der Waals surface area contributed by atoms with Gasteiger partial charge in [-0.15, -0.1) is 0 Å². The molecule has 1 aliphatic carbocycles. The van der Waals surface area contributed by atoms with Crippen LogP contribution in [0.1, 0.15) is 317 Å². The van der Waals surface area contributed by atoms with Gasteiger partial charge in [-0.25, -0.2) is 4.57 Å². The van der Waals surface area contributed by atoms with Gasteiger partial charge in [0.1, 0.15) is 98.7 Å². The number of hydrogen-bond acceptors (Lipinski definition) is 23. The van der Waals surface area contributed by atoms with E-state index < -0.39 is 156 Å². The second-order valence-corrected chi connectivity index (χ2v) is 30.1. The smallest absolute Gasteiger partial charge is 0.463 e. The molecule has 3 fully saturated rings. The quantitative estimate of drug-likeness (QED) is 0.0117. The van der Waals surface area contributed by atoms with Gasteiger partial charge in [-0.3, -0.25) is 23.4 Å². The summed E-state index contributed by atoms with van der Waals surface area (Å²) < 4.78 is 65.1. The SMILES string of the molecule is CCCCCCCCCCCCCCCCCCCC(=O)OCC1OC(OC2C(O)C(O)C(O)C(OC3OC(CO)C(O)C(O)C3O)C2OP(=O)(O)OCC(COC(=O)CCCCCCCCC(C)CCCCCCCC)OC(=O)CCCCCCCCCCCCC)C(O)C(O)C1O. The van der Waals surface area contributed by atoms with Gasteiger partial charge in [0.15, 0.2) is 18.7 Å². The first-order chi connectivity index (χ1) is 47.7. The Kier molecular flexibility index (Phi) is 51.0. The molecule has 24 nitrogen and oxygen atoms in total. The lowest BCUT2D eigenvalue weighted by Gasteiger charge is -2.49. The van der Waals surface area contributed by atoms with Crippen LogP contribution >= 0.6 is 7.82 Å². The number of unbranched alkanes of at least 4 members (excludes halogenated alkanes) is 36. The monoisotopic (exact) mass is 1440 g/mol. The molecule has 2 heterocycles. The fourth-order valence-electron chi connectivity index (χ4n) is 13.3. The van der Waals surface area contributed by atoms with E-state index in [9.17, 15) is 74.9 Å². The Morgan fingerprint density at radius 3 is 1.09 bits per heavy atom. The zero-order chi connectivity index (χ0) is 72.6. The lowest BCUT2D eigenvalue weighted by Crippen LogP contribution is -2.69. The molecule has 2 saturated heterocycles. The van der Waals surface area contributed by atoms with Gasteiger partial charge >= 0.3 is 25.7 Å². The first kappa shape index (κ1) is 91.2. The molecule has 25 heteroatoms. The average Bonchev–Trinajstić information content (AvgIpc) is 0.761. The predicted octanol–water partition coefficient (Wildman–Crippen LogP) is 11.2. The molecule has 0 aromatic rings. The maximum absolute atomic E-state index is 14.3. The number of carbonyl (C=O) groups is 3. The summed E-state index contributed by atoms with van der Waals surface area (Å²) >= 11 is 0.